The van der Waals surface area contributed by atoms with Crippen LogP contribution >= 0.6 is 0 Å². The summed E-state index contributed by atoms with van der Waals surface area (Å²) in [6, 6.07) is 9.18. The molecule has 1 aromatic carbocycles. The minimum absolute atomic E-state index is 0.0261. The van der Waals surface area contributed by atoms with E-state index in [0.717, 1.165) is 37.8 Å². The number of hydrogen-bond donors (Lipinski definition) is 0. The van der Waals surface area contributed by atoms with Gasteiger partial charge in [0.1, 0.15) is 6.04 Å². The van der Waals surface area contributed by atoms with E-state index in [1.807, 2.05) is 35.2 Å². The highest BCUT2D eigenvalue weighted by molar-refractivity contribution is 5.89. The molecule has 0 radical (unpaired) electrons. The Bertz CT molecular complexity index is 575. The van der Waals surface area contributed by atoms with Gasteiger partial charge in [0.15, 0.2) is 0 Å². The van der Waals surface area contributed by atoms with E-state index in [4.69, 9.17) is 4.74 Å². The van der Waals surface area contributed by atoms with E-state index in [0.29, 0.717) is 19.5 Å². The number of amides is 2. The smallest absolute Gasteiger partial charge is 0.250 e. The van der Waals surface area contributed by atoms with Crippen molar-refractivity contribution in [1.82, 2.24) is 9.80 Å². The summed E-state index contributed by atoms with van der Waals surface area (Å²) in [6.07, 6.45) is 4.44. The average Bonchev–Trinajstić information content (AvgIpc) is 2.64. The first kappa shape index (κ1) is 17.0. The molecule has 2 heterocycles. The molecule has 24 heavy (non-hydrogen) atoms. The van der Waals surface area contributed by atoms with E-state index in [1.165, 1.54) is 0 Å². The van der Waals surface area contributed by atoms with Crippen LogP contribution < -0.4 is 0 Å². The van der Waals surface area contributed by atoms with Crippen LogP contribution in [0.25, 0.3) is 0 Å². The zero-order chi connectivity index (χ0) is 16.9. The second kappa shape index (κ2) is 7.79. The number of carbonyl (C=O) groups is 2. The number of methoxy groups -OCH3 is 1. The molecule has 1 aromatic rings. The van der Waals surface area contributed by atoms with Crippen molar-refractivity contribution in [2.75, 3.05) is 26.7 Å². The van der Waals surface area contributed by atoms with Crippen LogP contribution in [0.2, 0.25) is 0 Å². The third-order valence-corrected chi connectivity index (χ3v) is 5.04. The topological polar surface area (TPSA) is 49.9 Å². The maximum atomic E-state index is 13.3. The van der Waals surface area contributed by atoms with E-state index >= 15 is 0 Å². The number of likely N-dealkylation sites (tertiary alicyclic amines) is 2. The number of carbonyl (C=O) groups excluding carboxylic acids is 2. The summed E-state index contributed by atoms with van der Waals surface area (Å²) in [6.45, 7) is 2.01. The SMILES string of the molecule is CO[C@@H]1CCCN(C(=O)[C@@H](c2ccccc2)N2CCCCC2=O)C1. The van der Waals surface area contributed by atoms with Crippen LogP contribution in [0.5, 0.6) is 0 Å². The van der Waals surface area contributed by atoms with Gasteiger partial charge in [-0.25, -0.2) is 0 Å². The highest BCUT2D eigenvalue weighted by Gasteiger charge is 2.36. The van der Waals surface area contributed by atoms with Gasteiger partial charge in [0.2, 0.25) is 11.8 Å². The maximum absolute atomic E-state index is 13.3. The van der Waals surface area contributed by atoms with Crippen LogP contribution in [0, 0.1) is 0 Å². The minimum Gasteiger partial charge on any atom is -0.380 e. The Kier molecular flexibility index (Phi) is 5.51. The van der Waals surface area contributed by atoms with Gasteiger partial charge in [-0.2, -0.15) is 0 Å². The van der Waals surface area contributed by atoms with Gasteiger partial charge in [0.05, 0.1) is 6.10 Å². The molecule has 2 saturated heterocycles. The van der Waals surface area contributed by atoms with Gasteiger partial charge in [0.25, 0.3) is 0 Å². The van der Waals surface area contributed by atoms with E-state index in [9.17, 15) is 9.59 Å². The molecule has 2 aliphatic rings. The summed E-state index contributed by atoms with van der Waals surface area (Å²) < 4.78 is 5.45. The predicted molar refractivity (Wildman–Crippen MR) is 91.4 cm³/mol. The van der Waals surface area contributed by atoms with E-state index in [2.05, 4.69) is 0 Å². The van der Waals surface area contributed by atoms with Crippen molar-refractivity contribution in [3.8, 4) is 0 Å². The molecular formula is C19H26N2O3. The van der Waals surface area contributed by atoms with Crippen molar-refractivity contribution in [2.45, 2.75) is 44.2 Å². The van der Waals surface area contributed by atoms with Crippen molar-refractivity contribution in [3.05, 3.63) is 35.9 Å². The van der Waals surface area contributed by atoms with Gasteiger partial charge in [-0.3, -0.25) is 9.59 Å². The molecule has 5 nitrogen and oxygen atoms in total. The summed E-state index contributed by atoms with van der Waals surface area (Å²) in [5.41, 5.74) is 0.900. The van der Waals surface area contributed by atoms with Crippen molar-refractivity contribution in [1.29, 1.82) is 0 Å². The minimum atomic E-state index is -0.505. The molecule has 2 fully saturated rings. The summed E-state index contributed by atoms with van der Waals surface area (Å²) in [7, 11) is 1.70. The Morgan fingerprint density at radius 3 is 2.67 bits per heavy atom. The molecule has 0 saturated carbocycles. The molecule has 2 amide bonds. The Morgan fingerprint density at radius 1 is 1.17 bits per heavy atom. The molecule has 0 aromatic heterocycles. The Morgan fingerprint density at radius 2 is 1.96 bits per heavy atom. The lowest BCUT2D eigenvalue weighted by Crippen LogP contribution is -2.50. The van der Waals surface area contributed by atoms with E-state index < -0.39 is 6.04 Å². The summed E-state index contributed by atoms with van der Waals surface area (Å²) in [5.74, 6) is 0.113. The highest BCUT2D eigenvalue weighted by atomic mass is 16.5. The van der Waals surface area contributed by atoms with Crippen LogP contribution in [-0.4, -0.2) is 54.5 Å². The van der Waals surface area contributed by atoms with Gasteiger partial charge < -0.3 is 14.5 Å². The zero-order valence-electron chi connectivity index (χ0n) is 14.3. The number of hydrogen-bond acceptors (Lipinski definition) is 3. The van der Waals surface area contributed by atoms with Gasteiger partial charge in [-0.15, -0.1) is 0 Å². The number of nitrogens with zero attached hydrogens (tertiary/aromatic N) is 2. The van der Waals surface area contributed by atoms with Gasteiger partial charge in [-0.05, 0) is 31.2 Å². The molecule has 130 valence electrons. The molecule has 2 atom stereocenters. The van der Waals surface area contributed by atoms with Gasteiger partial charge >= 0.3 is 0 Å². The monoisotopic (exact) mass is 330 g/mol. The Hall–Kier alpha value is -1.88. The third-order valence-electron chi connectivity index (χ3n) is 5.04. The van der Waals surface area contributed by atoms with Crippen LogP contribution in [-0.2, 0) is 14.3 Å². The Balaban J connectivity index is 1.86. The van der Waals surface area contributed by atoms with Crippen LogP contribution in [0.4, 0.5) is 0 Å². The third kappa shape index (κ3) is 3.61. The first-order valence-electron chi connectivity index (χ1n) is 8.86. The second-order valence-corrected chi connectivity index (χ2v) is 6.64. The largest absolute Gasteiger partial charge is 0.380 e. The zero-order valence-corrected chi connectivity index (χ0v) is 14.3. The molecular weight excluding hydrogens is 304 g/mol. The first-order valence-corrected chi connectivity index (χ1v) is 8.86. The number of piperidine rings is 2. The normalized spacial score (nSPS) is 23.2. The standard InChI is InChI=1S/C19H26N2O3/c1-24-16-10-7-12-20(14-16)19(23)18(15-8-3-2-4-9-15)21-13-6-5-11-17(21)22/h2-4,8-9,16,18H,5-7,10-14H2,1H3/t16-,18-/m1/s1. The van der Waals surface area contributed by atoms with Crippen LogP contribution in [0.1, 0.15) is 43.7 Å². The molecule has 5 heteroatoms. The van der Waals surface area contributed by atoms with Gasteiger partial charge in [0, 0.05) is 33.2 Å². The quantitative estimate of drug-likeness (QED) is 0.852. The molecule has 0 unspecified atom stereocenters. The highest BCUT2D eigenvalue weighted by Crippen LogP contribution is 2.28. The number of benzene rings is 1. The van der Waals surface area contributed by atoms with Gasteiger partial charge in [-0.1, -0.05) is 30.3 Å². The fraction of sp³-hybridized carbons (Fsp3) is 0.579. The lowest BCUT2D eigenvalue weighted by atomic mass is 9.98. The van der Waals surface area contributed by atoms with E-state index in [-0.39, 0.29) is 17.9 Å². The second-order valence-electron chi connectivity index (χ2n) is 6.64. The predicted octanol–water partition coefficient (Wildman–Crippen LogP) is 2.38. The van der Waals surface area contributed by atoms with Crippen molar-refractivity contribution in [3.63, 3.8) is 0 Å². The van der Waals surface area contributed by atoms with E-state index in [1.54, 1.807) is 12.0 Å². The molecule has 0 spiro atoms. The van der Waals surface area contributed by atoms with Crippen molar-refractivity contribution < 1.29 is 14.3 Å². The fourth-order valence-electron chi connectivity index (χ4n) is 3.69. The van der Waals surface area contributed by atoms with Crippen molar-refractivity contribution >= 4 is 11.8 Å². The fourth-order valence-corrected chi connectivity index (χ4v) is 3.69. The lowest BCUT2D eigenvalue weighted by molar-refractivity contribution is -0.149. The maximum Gasteiger partial charge on any atom is 0.250 e. The molecule has 0 aliphatic carbocycles. The molecule has 3 rings (SSSR count). The first-order chi connectivity index (χ1) is 11.7. The number of ether oxygens (including phenoxy) is 1. The average molecular weight is 330 g/mol. The van der Waals surface area contributed by atoms with Crippen molar-refractivity contribution in [2.24, 2.45) is 0 Å². The Labute approximate surface area is 143 Å². The summed E-state index contributed by atoms with van der Waals surface area (Å²) in [5, 5.41) is 0. The molecule has 2 aliphatic heterocycles. The summed E-state index contributed by atoms with van der Waals surface area (Å²) >= 11 is 0. The van der Waals surface area contributed by atoms with Crippen LogP contribution in [0.15, 0.2) is 30.3 Å². The summed E-state index contributed by atoms with van der Waals surface area (Å²) in [4.78, 5) is 29.4. The lowest BCUT2D eigenvalue weighted by Gasteiger charge is -2.39. The molecule has 0 bridgehead atoms. The van der Waals surface area contributed by atoms with Crippen LogP contribution in [0.3, 0.4) is 0 Å². The molecule has 0 N–H and O–H groups in total. The number of rotatable bonds is 4.